The van der Waals surface area contributed by atoms with Gasteiger partial charge in [-0.05, 0) is 30.0 Å². The van der Waals surface area contributed by atoms with E-state index in [1.807, 2.05) is 0 Å². The quantitative estimate of drug-likeness (QED) is 0.840. The average Bonchev–Trinajstić information content (AvgIpc) is 2.78. The molecule has 1 heterocycles. The lowest BCUT2D eigenvalue weighted by atomic mass is 10.0. The molecule has 0 aliphatic heterocycles. The zero-order chi connectivity index (χ0) is 13.1. The van der Waals surface area contributed by atoms with Gasteiger partial charge in [-0.2, -0.15) is 0 Å². The number of fused-ring (bicyclic) bond motifs is 1. The molecule has 3 nitrogen and oxygen atoms in total. The van der Waals surface area contributed by atoms with E-state index in [0.717, 1.165) is 29.7 Å². The molecule has 1 aromatic carbocycles. The number of rotatable bonds is 5. The molecule has 3 N–H and O–H groups in total. The molecular weight excluding hydrogens is 222 g/mol. The number of aromatic nitrogens is 2. The maximum absolute atomic E-state index is 6.15. The maximum Gasteiger partial charge on any atom is 0.124 e. The summed E-state index contributed by atoms with van der Waals surface area (Å²) in [6.45, 7) is 6.58. The van der Waals surface area contributed by atoms with Crippen molar-refractivity contribution >= 4 is 11.0 Å². The smallest absolute Gasteiger partial charge is 0.124 e. The van der Waals surface area contributed by atoms with Crippen LogP contribution >= 0.6 is 0 Å². The van der Waals surface area contributed by atoms with Crippen LogP contribution in [0.2, 0.25) is 0 Å². The summed E-state index contributed by atoms with van der Waals surface area (Å²) in [5.74, 6) is 1.45. The number of benzene rings is 1. The predicted molar refractivity (Wildman–Crippen MR) is 76.6 cm³/mol. The maximum atomic E-state index is 6.15. The van der Waals surface area contributed by atoms with Gasteiger partial charge in [0.2, 0.25) is 0 Å². The fourth-order valence-corrected chi connectivity index (χ4v) is 2.14. The van der Waals surface area contributed by atoms with Gasteiger partial charge in [-0.1, -0.05) is 39.7 Å². The Bertz CT molecular complexity index is 513. The van der Waals surface area contributed by atoms with Crippen molar-refractivity contribution < 1.29 is 0 Å². The van der Waals surface area contributed by atoms with Crippen LogP contribution in [0.4, 0.5) is 0 Å². The number of hydrogen-bond acceptors (Lipinski definition) is 2. The summed E-state index contributed by atoms with van der Waals surface area (Å²) >= 11 is 0. The number of H-pyrrole nitrogens is 1. The Balaban J connectivity index is 2.26. The third-order valence-corrected chi connectivity index (χ3v) is 3.41. The van der Waals surface area contributed by atoms with Crippen LogP contribution in [0.3, 0.4) is 0 Å². The lowest BCUT2D eigenvalue weighted by Gasteiger charge is -2.06. The van der Waals surface area contributed by atoms with E-state index in [2.05, 4.69) is 48.9 Å². The molecule has 1 atom stereocenters. The van der Waals surface area contributed by atoms with Crippen LogP contribution in [-0.2, 0) is 0 Å². The number of nitrogens with one attached hydrogen (secondary N) is 1. The van der Waals surface area contributed by atoms with E-state index in [9.17, 15) is 0 Å². The second-order valence-electron chi connectivity index (χ2n) is 5.30. The number of nitrogens with zero attached hydrogens (tertiary/aromatic N) is 1. The Morgan fingerprint density at radius 2 is 2.11 bits per heavy atom. The van der Waals surface area contributed by atoms with Gasteiger partial charge in [-0.15, -0.1) is 0 Å². The normalized spacial score (nSPS) is 13.4. The molecule has 0 spiro atoms. The molecular formula is C15H23N3. The fraction of sp³-hybridized carbons (Fsp3) is 0.533. The molecule has 0 bridgehead atoms. The van der Waals surface area contributed by atoms with Crippen LogP contribution in [-0.4, -0.2) is 9.97 Å². The van der Waals surface area contributed by atoms with Crippen LogP contribution in [0, 0.1) is 0 Å². The molecule has 0 aliphatic rings. The highest BCUT2D eigenvalue weighted by atomic mass is 15.0. The minimum Gasteiger partial charge on any atom is -0.341 e. The van der Waals surface area contributed by atoms with Gasteiger partial charge in [-0.3, -0.25) is 0 Å². The van der Waals surface area contributed by atoms with Gasteiger partial charge in [0.15, 0.2) is 0 Å². The third-order valence-electron chi connectivity index (χ3n) is 3.41. The summed E-state index contributed by atoms with van der Waals surface area (Å²) in [5.41, 5.74) is 9.60. The molecule has 0 amide bonds. The lowest BCUT2D eigenvalue weighted by molar-refractivity contribution is 0.581. The largest absolute Gasteiger partial charge is 0.341 e. The first-order valence-corrected chi connectivity index (χ1v) is 6.87. The first-order valence-electron chi connectivity index (χ1n) is 6.87. The Hall–Kier alpha value is -1.35. The number of nitrogens with two attached hydrogens (primary N) is 1. The van der Waals surface area contributed by atoms with Crippen molar-refractivity contribution in [2.75, 3.05) is 0 Å². The van der Waals surface area contributed by atoms with E-state index in [0.29, 0.717) is 5.92 Å². The molecule has 3 heteroatoms. The third kappa shape index (κ3) is 2.72. The Labute approximate surface area is 109 Å². The molecule has 0 radical (unpaired) electrons. The van der Waals surface area contributed by atoms with E-state index in [1.54, 1.807) is 0 Å². The number of hydrogen-bond donors (Lipinski definition) is 2. The molecule has 98 valence electrons. The van der Waals surface area contributed by atoms with Crippen molar-refractivity contribution in [2.24, 2.45) is 5.73 Å². The standard InChI is InChI=1S/C15H23N3/c1-4-5-6-12(16)15-17-13-8-7-11(10(2)3)9-14(13)18-15/h7-10,12H,4-6,16H2,1-3H3,(H,17,18). The van der Waals surface area contributed by atoms with E-state index in [1.165, 1.54) is 12.0 Å². The molecule has 1 aromatic heterocycles. The molecule has 2 aromatic rings. The monoisotopic (exact) mass is 245 g/mol. The SMILES string of the molecule is CCCCC(N)c1nc2ccc(C(C)C)cc2[nH]1. The van der Waals surface area contributed by atoms with E-state index >= 15 is 0 Å². The summed E-state index contributed by atoms with van der Waals surface area (Å²) in [5, 5.41) is 0. The highest BCUT2D eigenvalue weighted by Crippen LogP contribution is 2.22. The van der Waals surface area contributed by atoms with Crippen molar-refractivity contribution in [1.82, 2.24) is 9.97 Å². The van der Waals surface area contributed by atoms with Gasteiger partial charge in [-0.25, -0.2) is 4.98 Å². The highest BCUT2D eigenvalue weighted by Gasteiger charge is 2.11. The molecule has 0 saturated carbocycles. The van der Waals surface area contributed by atoms with Gasteiger partial charge in [0, 0.05) is 0 Å². The van der Waals surface area contributed by atoms with Crippen molar-refractivity contribution in [2.45, 2.75) is 52.0 Å². The summed E-state index contributed by atoms with van der Waals surface area (Å²) in [6.07, 6.45) is 3.31. The first-order chi connectivity index (χ1) is 8.61. The van der Waals surface area contributed by atoms with E-state index in [4.69, 9.17) is 5.73 Å². The Morgan fingerprint density at radius 1 is 1.33 bits per heavy atom. The summed E-state index contributed by atoms with van der Waals surface area (Å²) in [7, 11) is 0. The molecule has 0 aliphatic carbocycles. The molecule has 18 heavy (non-hydrogen) atoms. The summed E-state index contributed by atoms with van der Waals surface area (Å²) in [6, 6.07) is 6.44. The molecule has 0 saturated heterocycles. The molecule has 0 fully saturated rings. The van der Waals surface area contributed by atoms with Crippen LogP contribution in [0.1, 0.15) is 63.4 Å². The highest BCUT2D eigenvalue weighted by molar-refractivity contribution is 5.76. The van der Waals surface area contributed by atoms with Gasteiger partial charge < -0.3 is 10.7 Å². The van der Waals surface area contributed by atoms with Crippen LogP contribution in [0.15, 0.2) is 18.2 Å². The molecule has 1 unspecified atom stereocenters. The van der Waals surface area contributed by atoms with Crippen LogP contribution in [0.5, 0.6) is 0 Å². The van der Waals surface area contributed by atoms with E-state index in [-0.39, 0.29) is 6.04 Å². The first kappa shape index (κ1) is 13.1. The van der Waals surface area contributed by atoms with E-state index < -0.39 is 0 Å². The second kappa shape index (κ2) is 5.53. The van der Waals surface area contributed by atoms with Gasteiger partial charge in [0.1, 0.15) is 5.82 Å². The van der Waals surface area contributed by atoms with Gasteiger partial charge in [0.25, 0.3) is 0 Å². The number of unbranched alkanes of at least 4 members (excludes halogenated alkanes) is 1. The Kier molecular flexibility index (Phi) is 4.02. The summed E-state index contributed by atoms with van der Waals surface area (Å²) in [4.78, 5) is 7.95. The zero-order valence-corrected chi connectivity index (χ0v) is 11.5. The topological polar surface area (TPSA) is 54.7 Å². The summed E-state index contributed by atoms with van der Waals surface area (Å²) < 4.78 is 0. The Morgan fingerprint density at radius 3 is 2.78 bits per heavy atom. The second-order valence-corrected chi connectivity index (χ2v) is 5.30. The van der Waals surface area contributed by atoms with Crippen molar-refractivity contribution in [3.8, 4) is 0 Å². The predicted octanol–water partition coefficient (Wildman–Crippen LogP) is 3.88. The van der Waals surface area contributed by atoms with Gasteiger partial charge >= 0.3 is 0 Å². The number of aromatic amines is 1. The minimum atomic E-state index is 0.0276. The minimum absolute atomic E-state index is 0.0276. The average molecular weight is 245 g/mol. The van der Waals surface area contributed by atoms with Crippen molar-refractivity contribution in [3.05, 3.63) is 29.6 Å². The lowest BCUT2D eigenvalue weighted by Crippen LogP contribution is -2.11. The van der Waals surface area contributed by atoms with Crippen LogP contribution in [0.25, 0.3) is 11.0 Å². The van der Waals surface area contributed by atoms with Crippen molar-refractivity contribution in [1.29, 1.82) is 0 Å². The van der Waals surface area contributed by atoms with Crippen molar-refractivity contribution in [3.63, 3.8) is 0 Å². The number of imidazole rings is 1. The van der Waals surface area contributed by atoms with Gasteiger partial charge in [0.05, 0.1) is 17.1 Å². The molecule has 2 rings (SSSR count). The van der Waals surface area contributed by atoms with Crippen LogP contribution < -0.4 is 5.73 Å². The zero-order valence-electron chi connectivity index (χ0n) is 11.5. The fourth-order valence-electron chi connectivity index (χ4n) is 2.14.